The summed E-state index contributed by atoms with van der Waals surface area (Å²) in [4.78, 5) is 15.1. The highest BCUT2D eigenvalue weighted by atomic mass is 35.5. The van der Waals surface area contributed by atoms with Gasteiger partial charge in [-0.1, -0.05) is 24.3 Å². The molecular formula is C20H25ClN2O2. The standard InChI is InChI=1S/C20H24N2O2.ClH/c1-14-8-9-16(12-15(14)2)20(23)22-11-10-21-13-18(22)17-6-4-5-7-19(17)24-3;/h4-9,12,18,21H,10-11,13H2,1-3H3;1H. The third kappa shape index (κ3) is 3.97. The average Bonchev–Trinajstić information content (AvgIpc) is 2.63. The van der Waals surface area contributed by atoms with Crippen molar-refractivity contribution in [2.45, 2.75) is 19.9 Å². The van der Waals surface area contributed by atoms with Crippen LogP contribution in [0.25, 0.3) is 0 Å². The Morgan fingerprint density at radius 1 is 1.16 bits per heavy atom. The molecule has 134 valence electrons. The summed E-state index contributed by atoms with van der Waals surface area (Å²) < 4.78 is 5.50. The highest BCUT2D eigenvalue weighted by molar-refractivity contribution is 5.95. The van der Waals surface area contributed by atoms with E-state index in [2.05, 4.69) is 12.2 Å². The quantitative estimate of drug-likeness (QED) is 0.910. The number of hydrogen-bond donors (Lipinski definition) is 1. The molecule has 2 aromatic rings. The lowest BCUT2D eigenvalue weighted by atomic mass is 9.99. The maximum Gasteiger partial charge on any atom is 0.254 e. The maximum absolute atomic E-state index is 13.1. The van der Waals surface area contributed by atoms with Crippen LogP contribution in [0.5, 0.6) is 5.75 Å². The zero-order valence-electron chi connectivity index (χ0n) is 14.9. The van der Waals surface area contributed by atoms with Crippen molar-refractivity contribution in [1.29, 1.82) is 0 Å². The number of methoxy groups -OCH3 is 1. The van der Waals surface area contributed by atoms with Gasteiger partial charge in [0.2, 0.25) is 0 Å². The van der Waals surface area contributed by atoms with Crippen molar-refractivity contribution in [2.75, 3.05) is 26.7 Å². The molecule has 5 heteroatoms. The van der Waals surface area contributed by atoms with Gasteiger partial charge in [-0.2, -0.15) is 0 Å². The Hall–Kier alpha value is -2.04. The topological polar surface area (TPSA) is 41.6 Å². The van der Waals surface area contributed by atoms with Gasteiger partial charge in [-0.3, -0.25) is 4.79 Å². The highest BCUT2D eigenvalue weighted by Crippen LogP contribution is 2.31. The molecule has 1 aliphatic rings. The summed E-state index contributed by atoms with van der Waals surface area (Å²) in [5, 5.41) is 3.39. The molecule has 1 atom stereocenters. The van der Waals surface area contributed by atoms with Gasteiger partial charge in [0, 0.05) is 30.8 Å². The van der Waals surface area contributed by atoms with Crippen molar-refractivity contribution in [3.63, 3.8) is 0 Å². The summed E-state index contributed by atoms with van der Waals surface area (Å²) in [5.74, 6) is 0.902. The molecule has 4 nitrogen and oxygen atoms in total. The molecule has 1 amide bonds. The fourth-order valence-corrected chi connectivity index (χ4v) is 3.21. The molecule has 0 aromatic heterocycles. The fourth-order valence-electron chi connectivity index (χ4n) is 3.21. The van der Waals surface area contributed by atoms with Crippen LogP contribution in [-0.4, -0.2) is 37.6 Å². The molecule has 3 rings (SSSR count). The molecule has 25 heavy (non-hydrogen) atoms. The molecular weight excluding hydrogens is 336 g/mol. The first-order valence-electron chi connectivity index (χ1n) is 8.33. The number of nitrogens with zero attached hydrogens (tertiary/aromatic N) is 1. The molecule has 0 radical (unpaired) electrons. The second kappa shape index (κ2) is 8.37. The van der Waals surface area contributed by atoms with E-state index in [1.54, 1.807) is 7.11 Å². The Morgan fingerprint density at radius 3 is 2.64 bits per heavy atom. The lowest BCUT2D eigenvalue weighted by Gasteiger charge is -2.37. The van der Waals surface area contributed by atoms with Crippen molar-refractivity contribution in [2.24, 2.45) is 0 Å². The largest absolute Gasteiger partial charge is 0.496 e. The summed E-state index contributed by atoms with van der Waals surface area (Å²) in [6.07, 6.45) is 0. The van der Waals surface area contributed by atoms with Gasteiger partial charge < -0.3 is 15.0 Å². The Balaban J connectivity index is 0.00000225. The first-order valence-corrected chi connectivity index (χ1v) is 8.33. The lowest BCUT2D eigenvalue weighted by Crippen LogP contribution is -2.48. The SMILES string of the molecule is COc1ccccc1C1CNCCN1C(=O)c1ccc(C)c(C)c1.Cl. The van der Waals surface area contributed by atoms with E-state index in [0.717, 1.165) is 35.5 Å². The smallest absolute Gasteiger partial charge is 0.254 e. The lowest BCUT2D eigenvalue weighted by molar-refractivity contribution is 0.0631. The van der Waals surface area contributed by atoms with Crippen LogP contribution >= 0.6 is 12.4 Å². The zero-order valence-corrected chi connectivity index (χ0v) is 15.7. The van der Waals surface area contributed by atoms with Crippen LogP contribution in [0, 0.1) is 13.8 Å². The molecule has 0 spiro atoms. The number of amides is 1. The molecule has 1 heterocycles. The molecule has 1 fully saturated rings. The summed E-state index contributed by atoms with van der Waals surface area (Å²) in [6.45, 7) is 6.33. The van der Waals surface area contributed by atoms with Crippen LogP contribution in [-0.2, 0) is 0 Å². The molecule has 1 aliphatic heterocycles. The molecule has 0 aliphatic carbocycles. The van der Waals surface area contributed by atoms with E-state index < -0.39 is 0 Å². The van der Waals surface area contributed by atoms with Crippen LogP contribution < -0.4 is 10.1 Å². The molecule has 1 unspecified atom stereocenters. The van der Waals surface area contributed by atoms with E-state index >= 15 is 0 Å². The molecule has 0 saturated carbocycles. The number of carbonyl (C=O) groups is 1. The van der Waals surface area contributed by atoms with E-state index in [0.29, 0.717) is 6.54 Å². The average molecular weight is 361 g/mol. The number of nitrogens with one attached hydrogen (secondary N) is 1. The Labute approximate surface area is 155 Å². The summed E-state index contributed by atoms with van der Waals surface area (Å²) in [6, 6.07) is 13.8. The highest BCUT2D eigenvalue weighted by Gasteiger charge is 2.30. The number of benzene rings is 2. The molecule has 2 aromatic carbocycles. The predicted molar refractivity (Wildman–Crippen MR) is 103 cm³/mol. The second-order valence-corrected chi connectivity index (χ2v) is 6.26. The minimum Gasteiger partial charge on any atom is -0.496 e. The second-order valence-electron chi connectivity index (χ2n) is 6.26. The van der Waals surface area contributed by atoms with Crippen molar-refractivity contribution >= 4 is 18.3 Å². The van der Waals surface area contributed by atoms with E-state index in [-0.39, 0.29) is 24.4 Å². The minimum absolute atomic E-state index is 0. The van der Waals surface area contributed by atoms with E-state index in [1.807, 2.05) is 54.3 Å². The van der Waals surface area contributed by atoms with Gasteiger partial charge in [-0.15, -0.1) is 12.4 Å². The van der Waals surface area contributed by atoms with Crippen molar-refractivity contribution in [3.8, 4) is 5.75 Å². The number of hydrogen-bond acceptors (Lipinski definition) is 3. The number of carbonyl (C=O) groups excluding carboxylic acids is 1. The van der Waals surface area contributed by atoms with Crippen LogP contribution in [0.15, 0.2) is 42.5 Å². The molecule has 1 N–H and O–H groups in total. The van der Waals surface area contributed by atoms with Crippen LogP contribution in [0.3, 0.4) is 0 Å². The van der Waals surface area contributed by atoms with Gasteiger partial charge in [-0.25, -0.2) is 0 Å². The van der Waals surface area contributed by atoms with Gasteiger partial charge in [0.15, 0.2) is 0 Å². The Morgan fingerprint density at radius 2 is 1.92 bits per heavy atom. The summed E-state index contributed by atoms with van der Waals surface area (Å²) in [7, 11) is 1.67. The molecule has 1 saturated heterocycles. The van der Waals surface area contributed by atoms with Gasteiger partial charge in [0.05, 0.1) is 13.2 Å². The van der Waals surface area contributed by atoms with Crippen molar-refractivity contribution in [3.05, 3.63) is 64.7 Å². The first kappa shape index (κ1) is 19.3. The third-order valence-electron chi connectivity index (χ3n) is 4.76. The third-order valence-corrected chi connectivity index (χ3v) is 4.76. The number of para-hydroxylation sites is 1. The van der Waals surface area contributed by atoms with Crippen molar-refractivity contribution < 1.29 is 9.53 Å². The number of aryl methyl sites for hydroxylation is 2. The monoisotopic (exact) mass is 360 g/mol. The van der Waals surface area contributed by atoms with Crippen LogP contribution in [0.2, 0.25) is 0 Å². The van der Waals surface area contributed by atoms with E-state index in [9.17, 15) is 4.79 Å². The van der Waals surface area contributed by atoms with Crippen molar-refractivity contribution in [1.82, 2.24) is 10.2 Å². The summed E-state index contributed by atoms with van der Waals surface area (Å²) >= 11 is 0. The zero-order chi connectivity index (χ0) is 17.1. The van der Waals surface area contributed by atoms with Crippen LogP contribution in [0.1, 0.15) is 33.1 Å². The minimum atomic E-state index is -0.0241. The maximum atomic E-state index is 13.1. The predicted octanol–water partition coefficient (Wildman–Crippen LogP) is 3.52. The normalized spacial score (nSPS) is 16.9. The fraction of sp³-hybridized carbons (Fsp3) is 0.350. The Bertz CT molecular complexity index is 748. The number of halogens is 1. The van der Waals surface area contributed by atoms with Gasteiger partial charge in [0.1, 0.15) is 5.75 Å². The number of ether oxygens (including phenoxy) is 1. The number of piperazine rings is 1. The van der Waals surface area contributed by atoms with E-state index in [1.165, 1.54) is 5.56 Å². The molecule has 0 bridgehead atoms. The summed E-state index contributed by atoms with van der Waals surface area (Å²) in [5.41, 5.74) is 4.14. The van der Waals surface area contributed by atoms with Gasteiger partial charge in [-0.05, 0) is 43.2 Å². The Kier molecular flexibility index (Phi) is 6.45. The number of rotatable bonds is 3. The van der Waals surface area contributed by atoms with Gasteiger partial charge >= 0.3 is 0 Å². The first-order chi connectivity index (χ1) is 11.6. The van der Waals surface area contributed by atoms with E-state index in [4.69, 9.17) is 4.74 Å². The van der Waals surface area contributed by atoms with Crippen LogP contribution in [0.4, 0.5) is 0 Å². The van der Waals surface area contributed by atoms with Gasteiger partial charge in [0.25, 0.3) is 5.91 Å².